The van der Waals surface area contributed by atoms with Crippen LogP contribution in [0, 0.1) is 18.8 Å². The zero-order chi connectivity index (χ0) is 18.7. The van der Waals surface area contributed by atoms with E-state index < -0.39 is 0 Å². The van der Waals surface area contributed by atoms with Gasteiger partial charge in [0.05, 0.1) is 11.8 Å². The molecule has 134 valence electrons. The molecule has 1 heterocycles. The summed E-state index contributed by atoms with van der Waals surface area (Å²) in [6.45, 7) is 14.0. The maximum absolute atomic E-state index is 11.9. The number of rotatable bonds is 1. The summed E-state index contributed by atoms with van der Waals surface area (Å²) in [5, 5.41) is 2.45. The molecule has 1 fully saturated rings. The quantitative estimate of drug-likeness (QED) is 0.581. The molecule has 1 aliphatic heterocycles. The largest absolute Gasteiger partial charge is 0.296 e. The third kappa shape index (κ3) is 5.05. The van der Waals surface area contributed by atoms with Crippen molar-refractivity contribution in [1.82, 2.24) is 5.32 Å². The number of hydrogen-bond acceptors (Lipinski definition) is 2. The van der Waals surface area contributed by atoms with E-state index in [1.165, 1.54) is 5.56 Å². The van der Waals surface area contributed by atoms with E-state index in [2.05, 4.69) is 11.4 Å². The minimum absolute atomic E-state index is 0.0239. The fourth-order valence-corrected chi connectivity index (χ4v) is 2.91. The maximum Gasteiger partial charge on any atom is 0.231 e. The van der Waals surface area contributed by atoms with Gasteiger partial charge in [-0.1, -0.05) is 83.5 Å². The van der Waals surface area contributed by atoms with Gasteiger partial charge in [-0.15, -0.1) is 0 Å². The molecule has 0 aromatic heterocycles. The van der Waals surface area contributed by atoms with Gasteiger partial charge in [0.15, 0.2) is 0 Å². The first-order chi connectivity index (χ1) is 11.7. The Morgan fingerprint density at radius 3 is 1.96 bits per heavy atom. The first-order valence-electron chi connectivity index (χ1n) is 9.25. The molecule has 1 saturated heterocycles. The van der Waals surface area contributed by atoms with Gasteiger partial charge in [0.25, 0.3) is 0 Å². The van der Waals surface area contributed by atoms with E-state index >= 15 is 0 Å². The second kappa shape index (κ2) is 11.6. The molecule has 1 aromatic rings. The van der Waals surface area contributed by atoms with Crippen LogP contribution in [0.5, 0.6) is 0 Å². The molecule has 3 rings (SSSR count). The number of aryl methyl sites for hydroxylation is 1. The summed E-state index contributed by atoms with van der Waals surface area (Å²) in [7, 11) is 0. The number of amides is 2. The van der Waals surface area contributed by atoms with Crippen LogP contribution in [-0.2, 0) is 9.59 Å². The molecule has 2 amide bonds. The van der Waals surface area contributed by atoms with E-state index in [0.717, 1.165) is 5.56 Å². The van der Waals surface area contributed by atoms with Crippen LogP contribution in [0.1, 0.15) is 65.0 Å². The maximum atomic E-state index is 11.9. The second-order valence-corrected chi connectivity index (χ2v) is 5.09. The number of allylic oxidation sites excluding steroid dienone is 2. The number of imide groups is 1. The van der Waals surface area contributed by atoms with E-state index in [1.54, 1.807) is 0 Å². The van der Waals surface area contributed by atoms with Gasteiger partial charge in [0.2, 0.25) is 11.8 Å². The fraction of sp³-hybridized carbons (Fsp3) is 0.524. The van der Waals surface area contributed by atoms with Crippen LogP contribution >= 0.6 is 0 Å². The Hall–Kier alpha value is -1.90. The van der Waals surface area contributed by atoms with Crippen molar-refractivity contribution in [3.8, 4) is 0 Å². The van der Waals surface area contributed by atoms with Gasteiger partial charge in [-0.05, 0) is 18.9 Å². The van der Waals surface area contributed by atoms with Crippen molar-refractivity contribution in [2.45, 2.75) is 60.8 Å². The standard InChI is InChI=1S/C15H15NO2.3C2H6/c1-9-5-7-10(8-6-9)11-3-2-4-12-13(11)15(18)16-14(12)17;3*1-2/h2-3,5-8,11-13H,4H2,1H3,(H,16,17,18);3*1-2H3/t11-,12-,13+;;;/m1.../s1. The smallest absolute Gasteiger partial charge is 0.231 e. The Morgan fingerprint density at radius 2 is 1.42 bits per heavy atom. The summed E-state index contributed by atoms with van der Waals surface area (Å²) in [6, 6.07) is 8.18. The van der Waals surface area contributed by atoms with Gasteiger partial charge < -0.3 is 0 Å². The lowest BCUT2D eigenvalue weighted by molar-refractivity contribution is -0.126. The monoisotopic (exact) mass is 331 g/mol. The molecular formula is C21H33NO2. The number of nitrogens with one attached hydrogen (secondary N) is 1. The van der Waals surface area contributed by atoms with Crippen LogP contribution in [0.4, 0.5) is 0 Å². The van der Waals surface area contributed by atoms with Crippen LogP contribution in [-0.4, -0.2) is 11.8 Å². The average molecular weight is 332 g/mol. The molecule has 0 saturated carbocycles. The highest BCUT2D eigenvalue weighted by molar-refractivity contribution is 6.05. The zero-order valence-corrected chi connectivity index (χ0v) is 16.2. The Morgan fingerprint density at radius 1 is 0.875 bits per heavy atom. The topological polar surface area (TPSA) is 46.2 Å². The molecule has 0 radical (unpaired) electrons. The molecule has 3 nitrogen and oxygen atoms in total. The van der Waals surface area contributed by atoms with Crippen LogP contribution in [0.15, 0.2) is 36.4 Å². The Bertz CT molecular complexity index is 531. The lowest BCUT2D eigenvalue weighted by atomic mass is 9.74. The summed E-state index contributed by atoms with van der Waals surface area (Å²) in [6.07, 6.45) is 4.75. The molecule has 1 N–H and O–H groups in total. The van der Waals surface area contributed by atoms with Crippen LogP contribution < -0.4 is 5.32 Å². The molecule has 2 aliphatic rings. The molecule has 0 spiro atoms. The predicted molar refractivity (Wildman–Crippen MR) is 102 cm³/mol. The number of carbonyl (C=O) groups is 2. The second-order valence-electron chi connectivity index (χ2n) is 5.09. The van der Waals surface area contributed by atoms with Crippen molar-refractivity contribution in [1.29, 1.82) is 0 Å². The molecule has 3 heteroatoms. The lowest BCUT2D eigenvalue weighted by Gasteiger charge is -2.26. The van der Waals surface area contributed by atoms with Gasteiger partial charge >= 0.3 is 0 Å². The van der Waals surface area contributed by atoms with E-state index in [1.807, 2.05) is 78.8 Å². The van der Waals surface area contributed by atoms with Crippen LogP contribution in [0.3, 0.4) is 0 Å². The minimum Gasteiger partial charge on any atom is -0.296 e. The zero-order valence-electron chi connectivity index (χ0n) is 16.2. The third-order valence-corrected chi connectivity index (χ3v) is 3.90. The first-order valence-corrected chi connectivity index (χ1v) is 9.25. The third-order valence-electron chi connectivity index (χ3n) is 3.90. The number of hydrogen-bond donors (Lipinski definition) is 1. The van der Waals surface area contributed by atoms with Gasteiger partial charge in [0.1, 0.15) is 0 Å². The summed E-state index contributed by atoms with van der Waals surface area (Å²) in [4.78, 5) is 23.6. The van der Waals surface area contributed by atoms with Crippen LogP contribution in [0.25, 0.3) is 0 Å². The van der Waals surface area contributed by atoms with E-state index in [-0.39, 0.29) is 29.6 Å². The summed E-state index contributed by atoms with van der Waals surface area (Å²) >= 11 is 0. The molecule has 3 atom stereocenters. The number of fused-ring (bicyclic) bond motifs is 1. The Kier molecular flexibility index (Phi) is 10.7. The summed E-state index contributed by atoms with van der Waals surface area (Å²) in [5.41, 5.74) is 2.30. The van der Waals surface area contributed by atoms with Crippen molar-refractivity contribution < 1.29 is 9.59 Å². The van der Waals surface area contributed by atoms with Crippen molar-refractivity contribution in [2.24, 2.45) is 11.8 Å². The van der Waals surface area contributed by atoms with Crippen molar-refractivity contribution in [3.63, 3.8) is 0 Å². The van der Waals surface area contributed by atoms with Crippen molar-refractivity contribution in [2.75, 3.05) is 0 Å². The van der Waals surface area contributed by atoms with Crippen molar-refractivity contribution >= 4 is 11.8 Å². The van der Waals surface area contributed by atoms with E-state index in [0.29, 0.717) is 6.42 Å². The van der Waals surface area contributed by atoms with E-state index in [9.17, 15) is 9.59 Å². The summed E-state index contributed by atoms with van der Waals surface area (Å²) < 4.78 is 0. The fourth-order valence-electron chi connectivity index (χ4n) is 2.91. The molecular weight excluding hydrogens is 298 g/mol. The number of carbonyl (C=O) groups excluding carboxylic acids is 2. The average Bonchev–Trinajstić information content (AvgIpc) is 2.95. The molecule has 24 heavy (non-hydrogen) atoms. The molecule has 0 unspecified atom stereocenters. The minimum atomic E-state index is -0.231. The normalized spacial score (nSPS) is 23.4. The van der Waals surface area contributed by atoms with Crippen LogP contribution in [0.2, 0.25) is 0 Å². The number of benzene rings is 1. The predicted octanol–water partition coefficient (Wildman–Crippen LogP) is 5.01. The molecule has 1 aromatic carbocycles. The highest BCUT2D eigenvalue weighted by Gasteiger charge is 2.46. The highest BCUT2D eigenvalue weighted by atomic mass is 16.2. The molecule has 1 aliphatic carbocycles. The van der Waals surface area contributed by atoms with Gasteiger partial charge in [-0.25, -0.2) is 0 Å². The van der Waals surface area contributed by atoms with Gasteiger partial charge in [0, 0.05) is 5.92 Å². The lowest BCUT2D eigenvalue weighted by Crippen LogP contribution is -2.27. The summed E-state index contributed by atoms with van der Waals surface area (Å²) in [5.74, 6) is -0.638. The highest BCUT2D eigenvalue weighted by Crippen LogP contribution is 2.40. The SMILES string of the molecule is CC.CC.CC.Cc1ccc([C@H]2C=CC[C@H]3C(=O)NC(=O)[C@@H]23)cc1. The Balaban J connectivity index is 0.000000798. The van der Waals surface area contributed by atoms with Crippen molar-refractivity contribution in [3.05, 3.63) is 47.5 Å². The first kappa shape index (κ1) is 22.1. The van der Waals surface area contributed by atoms with E-state index in [4.69, 9.17) is 0 Å². The van der Waals surface area contributed by atoms with Gasteiger partial charge in [-0.2, -0.15) is 0 Å². The Labute approximate surface area is 147 Å². The molecule has 0 bridgehead atoms. The van der Waals surface area contributed by atoms with Gasteiger partial charge in [-0.3, -0.25) is 14.9 Å².